The van der Waals surface area contributed by atoms with E-state index in [4.69, 9.17) is 9.68 Å². The maximum atomic E-state index is 12.9. The molecule has 62 heavy (non-hydrogen) atoms. The second-order valence-electron chi connectivity index (χ2n) is 15.1. The van der Waals surface area contributed by atoms with Crippen LogP contribution < -0.4 is 11.4 Å². The molecule has 0 spiro atoms. The zero-order valence-electron chi connectivity index (χ0n) is 35.0. The van der Waals surface area contributed by atoms with Crippen molar-refractivity contribution in [2.24, 2.45) is 0 Å². The first-order chi connectivity index (χ1) is 28.9. The third-order valence-corrected chi connectivity index (χ3v) is 26.6. The van der Waals surface area contributed by atoms with Crippen molar-refractivity contribution in [1.29, 1.82) is 0 Å². The van der Waals surface area contributed by atoms with Crippen molar-refractivity contribution in [2.45, 2.75) is 124 Å². The van der Waals surface area contributed by atoms with Gasteiger partial charge in [-0.2, -0.15) is 0 Å². The summed E-state index contributed by atoms with van der Waals surface area (Å²) in [6.07, 6.45) is 16.6. The first kappa shape index (κ1) is 52.9. The van der Waals surface area contributed by atoms with Crippen LogP contribution in [-0.2, 0) is 41.9 Å². The number of nitrogens with zero attached hydrogens (tertiary/aromatic N) is 4. The molecule has 2 saturated heterocycles. The van der Waals surface area contributed by atoms with Crippen LogP contribution >= 0.6 is 7.81 Å². The molecule has 3 aromatic rings. The van der Waals surface area contributed by atoms with Crippen molar-refractivity contribution in [3.63, 3.8) is 0 Å². The van der Waals surface area contributed by atoms with E-state index < -0.39 is 61.8 Å². The molecule has 0 N–H and O–H groups in total. The molecular weight excluding hydrogens is 1150 g/mol. The summed E-state index contributed by atoms with van der Waals surface area (Å²) in [5.41, 5.74) is 0.776. The van der Waals surface area contributed by atoms with E-state index in [0.29, 0.717) is 21.3 Å². The van der Waals surface area contributed by atoms with Crippen molar-refractivity contribution in [3.05, 3.63) is 78.4 Å². The third kappa shape index (κ3) is 19.1. The molecule has 5 rings (SSSR count). The number of aryl methyl sites for hydroxylation is 2. The Morgan fingerprint density at radius 2 is 1.13 bits per heavy atom. The topological polar surface area (TPSA) is 136 Å². The third-order valence-electron chi connectivity index (χ3n) is 10.1. The van der Waals surface area contributed by atoms with E-state index >= 15 is 0 Å². The molecule has 1 aromatic heterocycles. The van der Waals surface area contributed by atoms with Crippen LogP contribution in [0.1, 0.15) is 119 Å². The number of imidazole rings is 1. The fourth-order valence-corrected chi connectivity index (χ4v) is 23.4. The normalized spacial score (nSPS) is 15.3. The first-order valence-electron chi connectivity index (χ1n) is 20.6. The Kier molecular flexibility index (Phi) is 19.6. The Hall–Kier alpha value is -3.44. The quantitative estimate of drug-likeness (QED) is 0.0290. The molecule has 2 aliphatic heterocycles. The van der Waals surface area contributed by atoms with Crippen LogP contribution in [0.5, 0.6) is 0 Å². The van der Waals surface area contributed by atoms with Crippen LogP contribution in [0.4, 0.5) is 25.2 Å². The summed E-state index contributed by atoms with van der Waals surface area (Å²) in [6.45, 7) is 8.76. The van der Waals surface area contributed by atoms with Crippen molar-refractivity contribution < 1.29 is 92.9 Å². The number of aromatic nitrogens is 2. The van der Waals surface area contributed by atoms with Crippen LogP contribution in [0.25, 0.3) is 0 Å². The molecular formula is C41H54AtF6N4O8PSn. The standard InChI is InChI=1S/C11H8AtNO4.C11H20N2.C11H8NO4.2C4H9.F6P.Sn/c12-8-3-1-2-7(6-8)11(16)17-13-9(14)4-5-10(13)15;1-3-5-6-7-8-13-10-9-12(4-2)11-13;13-9-6-7-10(14)12(9)16-11(15)8-4-2-1-3-5-8;2*1-3-4-2;1-7(2,3,4,5)6;/h1-3,6H,4-5H2;9-11H,1,3-8H2,2H3;1-2,4-5H,6-7H2;2*1,3-4H2,2H3;;/q;+1;;;;-1;/i12+1;;;;;;. The van der Waals surface area contributed by atoms with Gasteiger partial charge in [0.1, 0.15) is 0 Å². The molecule has 2 aromatic carbocycles. The minimum atomic E-state index is -10.7. The molecule has 12 nitrogen and oxygen atoms in total. The molecule has 0 aliphatic carbocycles. The number of carbonyl (C=O) groups is 6. The fraction of sp³-hybridized carbons (Fsp3) is 0.488. The van der Waals surface area contributed by atoms with Crippen molar-refractivity contribution in [3.8, 4) is 0 Å². The van der Waals surface area contributed by atoms with Gasteiger partial charge in [-0.3, -0.25) is 0 Å². The molecule has 0 bridgehead atoms. The molecule has 344 valence electrons. The summed E-state index contributed by atoms with van der Waals surface area (Å²) in [5.74, 6) is -3.14. The monoisotopic (exact) mass is 1210 g/mol. The van der Waals surface area contributed by atoms with Gasteiger partial charge in [-0.1, -0.05) is 0 Å². The van der Waals surface area contributed by atoms with Crippen molar-refractivity contribution in [2.75, 3.05) is 0 Å². The number of benzene rings is 2. The van der Waals surface area contributed by atoms with Crippen LogP contribution in [0.15, 0.2) is 67.3 Å². The number of unbranched alkanes of at least 4 members (excludes halogenated alkanes) is 5. The predicted molar refractivity (Wildman–Crippen MR) is 217 cm³/mol. The van der Waals surface area contributed by atoms with Crippen molar-refractivity contribution in [1.82, 2.24) is 14.7 Å². The summed E-state index contributed by atoms with van der Waals surface area (Å²) in [5, 5.41) is 1.20. The van der Waals surface area contributed by atoms with E-state index in [-0.39, 0.29) is 25.7 Å². The van der Waals surface area contributed by atoms with Crippen LogP contribution in [0, 0.1) is 24.7 Å². The Labute approximate surface area is 376 Å². The number of hydrogen-bond donors (Lipinski definition) is 0. The van der Waals surface area contributed by atoms with Gasteiger partial charge in [-0.05, 0) is 0 Å². The Morgan fingerprint density at radius 1 is 0.677 bits per heavy atom. The molecule has 3 heterocycles. The summed E-state index contributed by atoms with van der Waals surface area (Å²) >= 11 is -1.38. The fourth-order valence-electron chi connectivity index (χ4n) is 6.89. The number of rotatable bonds is 19. The molecule has 0 radical (unpaired) electrons. The molecule has 21 heteroatoms. The summed E-state index contributed by atoms with van der Waals surface area (Å²) in [7, 11) is -10.7. The maximum absolute atomic E-state index is 12.9. The van der Waals surface area contributed by atoms with Gasteiger partial charge in [0.2, 0.25) is 0 Å². The SMILES string of the molecule is CCC[CH2][Sn]([CH2]CCC)([CH2]CCCCC[n+]1ccn(CC)c1)[c]1cccc(C(=O)ON2C(=O)CCC2=O)c1.F[P-](F)(F)(F)(F)F.O=C(ON1C(=O)CCC1=O)c1cccc([211At])c1. The zero-order chi connectivity index (χ0) is 46.2. The number of amides is 4. The number of imide groups is 2. The van der Waals surface area contributed by atoms with Gasteiger partial charge in [0.25, 0.3) is 0 Å². The van der Waals surface area contributed by atoms with Gasteiger partial charge >= 0.3 is 379 Å². The van der Waals surface area contributed by atoms with E-state index in [1.165, 1.54) is 93.0 Å². The Balaban J connectivity index is 0.000000348. The average molecular weight is 1210 g/mol. The Morgan fingerprint density at radius 3 is 1.58 bits per heavy atom. The average Bonchev–Trinajstić information content (AvgIpc) is 3.90. The number of hydrogen-bond acceptors (Lipinski definition) is 8. The van der Waals surface area contributed by atoms with Crippen molar-refractivity contribution >= 4 is 68.6 Å². The molecule has 2 fully saturated rings. The summed E-state index contributed by atoms with van der Waals surface area (Å²) in [6, 6.07) is 14.8. The molecule has 0 saturated carbocycles. The van der Waals surface area contributed by atoms with Crippen LogP contribution in [0.3, 0.4) is 0 Å². The van der Waals surface area contributed by atoms with Gasteiger partial charge in [-0.25, -0.2) is 0 Å². The van der Waals surface area contributed by atoms with E-state index in [9.17, 15) is 53.9 Å². The van der Waals surface area contributed by atoms with Crippen LogP contribution in [-0.4, -0.2) is 68.6 Å². The second kappa shape index (κ2) is 23.0. The van der Waals surface area contributed by atoms with Gasteiger partial charge < -0.3 is 0 Å². The predicted octanol–water partition coefficient (Wildman–Crippen LogP) is 9.00. The first-order valence-corrected chi connectivity index (χ1v) is 31.6. The number of hydroxylamine groups is 4. The van der Waals surface area contributed by atoms with Gasteiger partial charge in [-0.15, -0.1) is 0 Å². The van der Waals surface area contributed by atoms with E-state index in [2.05, 4.69) is 54.7 Å². The van der Waals surface area contributed by atoms with E-state index in [1.807, 2.05) is 18.2 Å². The number of halogens is 6. The van der Waals surface area contributed by atoms with Gasteiger partial charge in [0.15, 0.2) is 0 Å². The van der Waals surface area contributed by atoms with E-state index in [0.717, 1.165) is 16.4 Å². The minimum absolute atomic E-state index is 0.0999. The van der Waals surface area contributed by atoms with Crippen LogP contribution in [0.2, 0.25) is 13.3 Å². The van der Waals surface area contributed by atoms with Gasteiger partial charge in [0, 0.05) is 0 Å². The second-order valence-corrected chi connectivity index (χ2v) is 32.0. The molecule has 4 amide bonds. The summed E-state index contributed by atoms with van der Waals surface area (Å²) in [4.78, 5) is 81.0. The Bertz CT molecular complexity index is 2010. The van der Waals surface area contributed by atoms with Gasteiger partial charge in [0.05, 0.1) is 0 Å². The zero-order valence-corrected chi connectivity index (χ0v) is 41.7. The summed E-state index contributed by atoms with van der Waals surface area (Å²) < 4.78 is 69.9. The number of carbonyl (C=O) groups excluding carboxylic acids is 6. The molecule has 2 aliphatic rings. The molecule has 0 unspecified atom stereocenters. The molecule has 0 atom stereocenters. The van der Waals surface area contributed by atoms with E-state index in [1.54, 1.807) is 24.3 Å².